The highest BCUT2D eigenvalue weighted by Gasteiger charge is 2.28. The minimum absolute atomic E-state index is 0.103. The van der Waals surface area contributed by atoms with Crippen LogP contribution in [0.5, 0.6) is 5.88 Å². The van der Waals surface area contributed by atoms with Crippen LogP contribution >= 0.6 is 0 Å². The lowest BCUT2D eigenvalue weighted by molar-refractivity contribution is 0.429. The zero-order valence-electron chi connectivity index (χ0n) is 15.5. The minimum Gasteiger partial charge on any atom is -0.493 e. The Morgan fingerprint density at radius 3 is 2.67 bits per heavy atom. The molecule has 2 aromatic carbocycles. The number of nitrogens with one attached hydrogen (secondary N) is 3. The Bertz CT molecular complexity index is 1420. The summed E-state index contributed by atoms with van der Waals surface area (Å²) in [6.45, 7) is 0. The van der Waals surface area contributed by atoms with Gasteiger partial charge in [-0.2, -0.15) is 5.10 Å². The lowest BCUT2D eigenvalue weighted by Crippen LogP contribution is -2.33. The van der Waals surface area contributed by atoms with E-state index >= 15 is 0 Å². The molecule has 4 aromatic rings. The van der Waals surface area contributed by atoms with Gasteiger partial charge in [-0.25, -0.2) is 13.8 Å². The molecule has 9 heteroatoms. The van der Waals surface area contributed by atoms with Crippen LogP contribution in [0.4, 0.5) is 4.39 Å². The third-order valence-electron chi connectivity index (χ3n) is 5.21. The van der Waals surface area contributed by atoms with Crippen LogP contribution in [0.1, 0.15) is 23.6 Å². The van der Waals surface area contributed by atoms with Gasteiger partial charge in [0.25, 0.3) is 5.56 Å². The van der Waals surface area contributed by atoms with Crippen molar-refractivity contribution in [2.24, 2.45) is 5.10 Å². The number of rotatable bonds is 3. The summed E-state index contributed by atoms with van der Waals surface area (Å²) in [4.78, 5) is 30.2. The molecule has 0 radical (unpaired) electrons. The fraction of sp³-hybridized carbons (Fsp3) is 0.0952. The third kappa shape index (κ3) is 2.79. The molecule has 0 aliphatic carbocycles. The second-order valence-electron chi connectivity index (χ2n) is 7.00. The monoisotopic (exact) mass is 405 g/mol. The molecule has 30 heavy (non-hydrogen) atoms. The molecule has 150 valence electrons. The van der Waals surface area contributed by atoms with Crippen molar-refractivity contribution in [3.63, 3.8) is 0 Å². The van der Waals surface area contributed by atoms with Gasteiger partial charge in [0.15, 0.2) is 0 Å². The fourth-order valence-corrected chi connectivity index (χ4v) is 3.78. The van der Waals surface area contributed by atoms with Gasteiger partial charge in [-0.3, -0.25) is 9.78 Å². The van der Waals surface area contributed by atoms with E-state index in [0.29, 0.717) is 12.1 Å². The predicted molar refractivity (Wildman–Crippen MR) is 110 cm³/mol. The number of hydrazone groups is 1. The highest BCUT2D eigenvalue weighted by Crippen LogP contribution is 2.31. The average molecular weight is 405 g/mol. The summed E-state index contributed by atoms with van der Waals surface area (Å²) >= 11 is 0. The van der Waals surface area contributed by atoms with E-state index < -0.39 is 22.9 Å². The number of hydrogen-bond acceptors (Lipinski definition) is 5. The molecule has 0 saturated heterocycles. The highest BCUT2D eigenvalue weighted by molar-refractivity contribution is 6.03. The maximum absolute atomic E-state index is 13.2. The Kier molecular flexibility index (Phi) is 4.02. The van der Waals surface area contributed by atoms with Gasteiger partial charge >= 0.3 is 5.69 Å². The molecule has 2 aromatic heterocycles. The van der Waals surface area contributed by atoms with Crippen LogP contribution in [-0.4, -0.2) is 25.4 Å². The summed E-state index contributed by atoms with van der Waals surface area (Å²) < 4.78 is 14.2. The summed E-state index contributed by atoms with van der Waals surface area (Å²) in [7, 11) is 0. The number of benzene rings is 2. The number of hydrogen-bond donors (Lipinski definition) is 4. The molecule has 0 bridgehead atoms. The van der Waals surface area contributed by atoms with Crippen molar-refractivity contribution in [1.82, 2.24) is 20.0 Å². The molecule has 0 spiro atoms. The Hall–Kier alpha value is -4.14. The zero-order valence-corrected chi connectivity index (χ0v) is 15.5. The molecule has 1 aliphatic rings. The lowest BCUT2D eigenvalue weighted by atomic mass is 9.99. The van der Waals surface area contributed by atoms with E-state index in [1.54, 1.807) is 0 Å². The smallest absolute Gasteiger partial charge is 0.335 e. The number of aromatic hydroxyl groups is 1. The normalized spacial score (nSPS) is 15.9. The average Bonchev–Trinajstić information content (AvgIpc) is 3.36. The third-order valence-corrected chi connectivity index (χ3v) is 5.21. The maximum Gasteiger partial charge on any atom is 0.335 e. The summed E-state index contributed by atoms with van der Waals surface area (Å²) in [5.41, 5.74) is 3.83. The van der Waals surface area contributed by atoms with E-state index in [1.807, 2.05) is 30.5 Å². The zero-order chi connectivity index (χ0) is 20.8. The number of fused-ring (bicyclic) bond motifs is 1. The van der Waals surface area contributed by atoms with Gasteiger partial charge in [-0.15, -0.1) is 0 Å². The van der Waals surface area contributed by atoms with Gasteiger partial charge in [-0.1, -0.05) is 18.2 Å². The molecule has 3 heterocycles. The Balaban J connectivity index is 1.55. The van der Waals surface area contributed by atoms with E-state index in [4.69, 9.17) is 0 Å². The first kappa shape index (κ1) is 17.9. The van der Waals surface area contributed by atoms with Gasteiger partial charge in [-0.05, 0) is 30.3 Å². The Labute approximate surface area is 168 Å². The van der Waals surface area contributed by atoms with Crippen molar-refractivity contribution in [3.8, 4) is 11.6 Å². The standard InChI is InChI=1S/C21H16FN5O3/c22-11-5-7-12(8-6-11)27-20(29)18(19(28)24-21(27)30)17-9-16(25-26-17)14-10-23-15-4-2-1-3-13(14)15/h1-8,10,16,23,25,29H,9H2,(H,24,28,30)/t16-/m0/s1. The number of nitrogens with zero attached hydrogens (tertiary/aromatic N) is 2. The second-order valence-corrected chi connectivity index (χ2v) is 7.00. The molecule has 1 aliphatic heterocycles. The molecule has 0 unspecified atom stereocenters. The van der Waals surface area contributed by atoms with Crippen LogP contribution in [-0.2, 0) is 0 Å². The number of H-pyrrole nitrogens is 2. The largest absolute Gasteiger partial charge is 0.493 e. The predicted octanol–water partition coefficient (Wildman–Crippen LogP) is 2.29. The summed E-state index contributed by atoms with van der Waals surface area (Å²) in [6.07, 6.45) is 2.21. The van der Waals surface area contributed by atoms with E-state index in [-0.39, 0.29) is 17.3 Å². The quantitative estimate of drug-likeness (QED) is 0.419. The van der Waals surface area contributed by atoms with Crippen molar-refractivity contribution >= 4 is 16.6 Å². The minimum atomic E-state index is -0.826. The van der Waals surface area contributed by atoms with E-state index in [2.05, 4.69) is 20.5 Å². The summed E-state index contributed by atoms with van der Waals surface area (Å²) in [5.74, 6) is -1.03. The molecule has 1 atom stereocenters. The highest BCUT2D eigenvalue weighted by atomic mass is 19.1. The Morgan fingerprint density at radius 2 is 1.87 bits per heavy atom. The van der Waals surface area contributed by atoms with Crippen molar-refractivity contribution in [1.29, 1.82) is 0 Å². The Morgan fingerprint density at radius 1 is 1.10 bits per heavy atom. The van der Waals surface area contributed by atoms with Crippen LogP contribution in [0.15, 0.2) is 69.4 Å². The number of halogens is 1. The van der Waals surface area contributed by atoms with Crippen LogP contribution in [0, 0.1) is 5.82 Å². The van der Waals surface area contributed by atoms with Crippen molar-refractivity contribution in [3.05, 3.63) is 92.5 Å². The van der Waals surface area contributed by atoms with Gasteiger partial charge in [0.2, 0.25) is 5.88 Å². The van der Waals surface area contributed by atoms with Crippen LogP contribution in [0.2, 0.25) is 0 Å². The number of aromatic amines is 2. The summed E-state index contributed by atoms with van der Waals surface area (Å²) in [6, 6.07) is 12.6. The second kappa shape index (κ2) is 6.73. The molecule has 0 fully saturated rings. The summed E-state index contributed by atoms with van der Waals surface area (Å²) in [5, 5.41) is 16.0. The maximum atomic E-state index is 13.2. The molecule has 4 N–H and O–H groups in total. The van der Waals surface area contributed by atoms with Gasteiger partial charge < -0.3 is 15.5 Å². The van der Waals surface area contributed by atoms with Gasteiger partial charge in [0.1, 0.15) is 11.4 Å². The molecule has 5 rings (SSSR count). The molecule has 8 nitrogen and oxygen atoms in total. The number of aromatic nitrogens is 3. The number of para-hydroxylation sites is 1. The SMILES string of the molecule is O=c1[nH]c(=O)n(-c2ccc(F)cc2)c(O)c1C1=NN[C@H](c2c[nH]c3ccccc23)C1. The van der Waals surface area contributed by atoms with E-state index in [9.17, 15) is 19.1 Å². The lowest BCUT2D eigenvalue weighted by Gasteiger charge is -2.12. The van der Waals surface area contributed by atoms with Crippen molar-refractivity contribution in [2.45, 2.75) is 12.5 Å². The van der Waals surface area contributed by atoms with Crippen LogP contribution < -0.4 is 16.7 Å². The fourth-order valence-electron chi connectivity index (χ4n) is 3.78. The first-order valence-corrected chi connectivity index (χ1v) is 9.25. The van der Waals surface area contributed by atoms with Crippen LogP contribution in [0.3, 0.4) is 0 Å². The first-order valence-electron chi connectivity index (χ1n) is 9.25. The molecule has 0 saturated carbocycles. The van der Waals surface area contributed by atoms with Gasteiger partial charge in [0.05, 0.1) is 17.4 Å². The molecular formula is C21H16FN5O3. The van der Waals surface area contributed by atoms with E-state index in [0.717, 1.165) is 33.2 Å². The van der Waals surface area contributed by atoms with Crippen LogP contribution in [0.25, 0.3) is 16.6 Å². The molecule has 0 amide bonds. The first-order chi connectivity index (χ1) is 14.5. The van der Waals surface area contributed by atoms with Crippen molar-refractivity contribution in [2.75, 3.05) is 0 Å². The van der Waals surface area contributed by atoms with E-state index in [1.165, 1.54) is 12.1 Å². The van der Waals surface area contributed by atoms with Gasteiger partial charge in [0, 0.05) is 29.1 Å². The van der Waals surface area contributed by atoms with Crippen molar-refractivity contribution < 1.29 is 9.50 Å². The molecular weight excluding hydrogens is 389 g/mol. The topological polar surface area (TPSA) is 115 Å².